The molecule has 2 amide bonds. The summed E-state index contributed by atoms with van der Waals surface area (Å²) in [6, 6.07) is 5.06. The van der Waals surface area contributed by atoms with Crippen LogP contribution in [0.5, 0.6) is 0 Å². The monoisotopic (exact) mass is 361 g/mol. The number of hydrogen-bond acceptors (Lipinski definition) is 5. The molecule has 1 N–H and O–H groups in total. The highest BCUT2D eigenvalue weighted by molar-refractivity contribution is 5.94. The van der Waals surface area contributed by atoms with E-state index in [2.05, 4.69) is 5.32 Å². The molecule has 0 bridgehead atoms. The number of fused-ring (bicyclic) bond motifs is 1. The summed E-state index contributed by atoms with van der Waals surface area (Å²) in [5.74, 6) is -0.929. The van der Waals surface area contributed by atoms with Gasteiger partial charge in [-0.25, -0.2) is 9.59 Å². The van der Waals surface area contributed by atoms with E-state index in [1.807, 2.05) is 20.8 Å². The third-order valence-corrected chi connectivity index (χ3v) is 4.27. The van der Waals surface area contributed by atoms with Crippen LogP contribution in [-0.4, -0.2) is 40.2 Å². The van der Waals surface area contributed by atoms with Crippen LogP contribution in [0, 0.1) is 5.92 Å². The number of aromatic nitrogens is 1. The fourth-order valence-electron chi connectivity index (χ4n) is 2.92. The van der Waals surface area contributed by atoms with E-state index in [0.717, 1.165) is 0 Å². The van der Waals surface area contributed by atoms with E-state index in [1.165, 1.54) is 4.57 Å². The molecule has 0 spiro atoms. The van der Waals surface area contributed by atoms with Crippen LogP contribution in [0.1, 0.15) is 27.2 Å². The van der Waals surface area contributed by atoms with Crippen LogP contribution in [0.15, 0.2) is 27.4 Å². The Hall–Kier alpha value is -2.77. The number of ether oxygens (including phenoxy) is 1. The van der Waals surface area contributed by atoms with Gasteiger partial charge in [0.25, 0.3) is 0 Å². The van der Waals surface area contributed by atoms with Crippen molar-refractivity contribution in [1.82, 2.24) is 9.47 Å². The molecular formula is C18H23N3O5. The van der Waals surface area contributed by atoms with Gasteiger partial charge in [0.1, 0.15) is 5.60 Å². The maximum absolute atomic E-state index is 12.5. The number of rotatable bonds is 2. The topological polar surface area (TPSA) is 93.8 Å². The van der Waals surface area contributed by atoms with E-state index < -0.39 is 17.5 Å². The maximum atomic E-state index is 12.5. The van der Waals surface area contributed by atoms with Crippen molar-refractivity contribution in [2.24, 2.45) is 13.0 Å². The van der Waals surface area contributed by atoms with Crippen molar-refractivity contribution in [3.63, 3.8) is 0 Å². The predicted molar refractivity (Wildman–Crippen MR) is 96.0 cm³/mol. The lowest BCUT2D eigenvalue weighted by Gasteiger charge is -2.24. The van der Waals surface area contributed by atoms with Gasteiger partial charge in [0.2, 0.25) is 5.91 Å². The zero-order valence-corrected chi connectivity index (χ0v) is 15.4. The maximum Gasteiger partial charge on any atom is 0.419 e. The van der Waals surface area contributed by atoms with Crippen molar-refractivity contribution in [2.45, 2.75) is 32.8 Å². The zero-order chi connectivity index (χ0) is 19.1. The molecule has 0 radical (unpaired) electrons. The number of carbonyl (C=O) groups excluding carboxylic acids is 2. The Balaban J connectivity index is 1.64. The second-order valence-electron chi connectivity index (χ2n) is 7.51. The quantitative estimate of drug-likeness (QED) is 0.886. The van der Waals surface area contributed by atoms with Crippen molar-refractivity contribution in [2.75, 3.05) is 18.4 Å². The normalized spacial score (nSPS) is 17.5. The molecule has 8 nitrogen and oxygen atoms in total. The van der Waals surface area contributed by atoms with Crippen molar-refractivity contribution >= 4 is 28.8 Å². The Labute approximate surface area is 150 Å². The highest BCUT2D eigenvalue weighted by atomic mass is 16.6. The van der Waals surface area contributed by atoms with Crippen molar-refractivity contribution in [1.29, 1.82) is 0 Å². The molecule has 140 valence electrons. The summed E-state index contributed by atoms with van der Waals surface area (Å²) in [7, 11) is 1.62. The Morgan fingerprint density at radius 3 is 2.73 bits per heavy atom. The van der Waals surface area contributed by atoms with E-state index in [4.69, 9.17) is 9.15 Å². The molecule has 1 saturated heterocycles. The van der Waals surface area contributed by atoms with E-state index >= 15 is 0 Å². The Morgan fingerprint density at radius 1 is 1.31 bits per heavy atom. The molecule has 1 fully saturated rings. The van der Waals surface area contributed by atoms with Gasteiger partial charge in [0.05, 0.1) is 11.4 Å². The zero-order valence-electron chi connectivity index (χ0n) is 15.4. The van der Waals surface area contributed by atoms with E-state index in [1.54, 1.807) is 30.1 Å². The second kappa shape index (κ2) is 6.51. The van der Waals surface area contributed by atoms with Crippen LogP contribution < -0.4 is 11.1 Å². The number of likely N-dealkylation sites (tertiary alicyclic amines) is 1. The first-order chi connectivity index (χ1) is 12.1. The SMILES string of the molecule is Cn1c(=O)oc2cc(NC(=O)[C@@H]3CCN(C(=O)OC(C)(C)C)C3)ccc21. The van der Waals surface area contributed by atoms with Crippen LogP contribution in [0.3, 0.4) is 0 Å². The fourth-order valence-corrected chi connectivity index (χ4v) is 2.92. The highest BCUT2D eigenvalue weighted by Crippen LogP contribution is 2.23. The van der Waals surface area contributed by atoms with Crippen LogP contribution >= 0.6 is 0 Å². The smallest absolute Gasteiger partial charge is 0.419 e. The number of oxazole rings is 1. The Bertz CT molecular complexity index is 906. The Morgan fingerprint density at radius 2 is 2.04 bits per heavy atom. The molecule has 0 saturated carbocycles. The molecule has 26 heavy (non-hydrogen) atoms. The highest BCUT2D eigenvalue weighted by Gasteiger charge is 2.33. The van der Waals surface area contributed by atoms with Crippen LogP contribution in [0.2, 0.25) is 0 Å². The summed E-state index contributed by atoms with van der Waals surface area (Å²) >= 11 is 0. The minimum atomic E-state index is -0.563. The molecule has 1 aliphatic rings. The van der Waals surface area contributed by atoms with Crippen LogP contribution in [0.4, 0.5) is 10.5 Å². The van der Waals surface area contributed by atoms with Gasteiger partial charge in [-0.05, 0) is 39.3 Å². The third kappa shape index (κ3) is 3.74. The molecule has 2 aromatic rings. The summed E-state index contributed by atoms with van der Waals surface area (Å²) in [6.45, 7) is 6.23. The van der Waals surface area contributed by atoms with Gasteiger partial charge < -0.3 is 19.4 Å². The molecular weight excluding hydrogens is 338 g/mol. The molecule has 1 aromatic carbocycles. The van der Waals surface area contributed by atoms with Crippen LogP contribution in [-0.2, 0) is 16.6 Å². The number of nitrogens with one attached hydrogen (secondary N) is 1. The number of aryl methyl sites for hydroxylation is 1. The number of carbonyl (C=O) groups is 2. The minimum absolute atomic E-state index is 0.173. The molecule has 0 aliphatic carbocycles. The first-order valence-electron chi connectivity index (χ1n) is 8.52. The number of amides is 2. The molecule has 8 heteroatoms. The van der Waals surface area contributed by atoms with Crippen molar-refractivity contribution in [3.8, 4) is 0 Å². The molecule has 1 atom stereocenters. The van der Waals surface area contributed by atoms with Gasteiger partial charge in [0.15, 0.2) is 5.58 Å². The largest absolute Gasteiger partial charge is 0.444 e. The van der Waals surface area contributed by atoms with Crippen molar-refractivity contribution < 1.29 is 18.7 Å². The lowest BCUT2D eigenvalue weighted by Crippen LogP contribution is -2.36. The summed E-state index contributed by atoms with van der Waals surface area (Å²) in [5.41, 5.74) is 1.06. The molecule has 3 rings (SSSR count). The van der Waals surface area contributed by atoms with E-state index in [9.17, 15) is 14.4 Å². The molecule has 1 aliphatic heterocycles. The average Bonchev–Trinajstić information content (AvgIpc) is 3.12. The summed E-state index contributed by atoms with van der Waals surface area (Å²) in [5, 5.41) is 2.82. The molecule has 1 aromatic heterocycles. The van der Waals surface area contributed by atoms with Crippen LogP contribution in [0.25, 0.3) is 11.1 Å². The Kier molecular flexibility index (Phi) is 4.52. The second-order valence-corrected chi connectivity index (χ2v) is 7.51. The van der Waals surface area contributed by atoms with E-state index in [0.29, 0.717) is 36.3 Å². The third-order valence-electron chi connectivity index (χ3n) is 4.27. The van der Waals surface area contributed by atoms with E-state index in [-0.39, 0.29) is 11.8 Å². The predicted octanol–water partition coefficient (Wildman–Crippen LogP) is 2.33. The first-order valence-corrected chi connectivity index (χ1v) is 8.52. The standard InChI is InChI=1S/C18H23N3O5/c1-18(2,3)26-17(24)21-8-7-11(10-21)15(22)19-12-5-6-13-14(9-12)25-16(23)20(13)4/h5-6,9,11H,7-8,10H2,1-4H3,(H,19,22)/t11-/m1/s1. The number of hydrogen-bond donors (Lipinski definition) is 1. The summed E-state index contributed by atoms with van der Waals surface area (Å²) < 4.78 is 11.9. The lowest BCUT2D eigenvalue weighted by atomic mass is 10.1. The number of benzene rings is 1. The summed E-state index contributed by atoms with van der Waals surface area (Å²) in [6.07, 6.45) is 0.175. The van der Waals surface area contributed by atoms with Crippen molar-refractivity contribution in [3.05, 3.63) is 28.7 Å². The lowest BCUT2D eigenvalue weighted by molar-refractivity contribution is -0.119. The number of anilines is 1. The van der Waals surface area contributed by atoms with Gasteiger partial charge in [-0.2, -0.15) is 0 Å². The molecule has 2 heterocycles. The van der Waals surface area contributed by atoms with Gasteiger partial charge in [-0.3, -0.25) is 9.36 Å². The summed E-state index contributed by atoms with van der Waals surface area (Å²) in [4.78, 5) is 37.7. The first kappa shape index (κ1) is 18.0. The van der Waals surface area contributed by atoms with Gasteiger partial charge in [-0.1, -0.05) is 0 Å². The average molecular weight is 361 g/mol. The van der Waals surface area contributed by atoms with Gasteiger partial charge in [-0.15, -0.1) is 0 Å². The molecule has 0 unspecified atom stereocenters. The minimum Gasteiger partial charge on any atom is -0.444 e. The van der Waals surface area contributed by atoms with Gasteiger partial charge >= 0.3 is 11.8 Å². The van der Waals surface area contributed by atoms with Gasteiger partial charge in [0, 0.05) is 31.9 Å². The fraction of sp³-hybridized carbons (Fsp3) is 0.500. The number of nitrogens with zero attached hydrogens (tertiary/aromatic N) is 2.